The molecule has 0 saturated heterocycles. The molecular weight excluding hydrogens is 659 g/mol. The Kier molecular flexibility index (Phi) is 7.42. The molecule has 1 nitrogen and oxygen atoms in total. The number of thiophene rings is 1. The Morgan fingerprint density at radius 1 is 0.377 bits per heavy atom. The molecule has 1 aromatic heterocycles. The van der Waals surface area contributed by atoms with Crippen LogP contribution in [0.3, 0.4) is 0 Å². The fraction of sp³-hybridized carbons (Fsp3) is 0.0588. The molecule has 0 atom stereocenters. The van der Waals surface area contributed by atoms with E-state index in [2.05, 4.69) is 207 Å². The molecule has 0 saturated carbocycles. The molecule has 9 aromatic rings. The van der Waals surface area contributed by atoms with E-state index in [1.807, 2.05) is 11.3 Å². The van der Waals surface area contributed by atoms with E-state index in [9.17, 15) is 0 Å². The summed E-state index contributed by atoms with van der Waals surface area (Å²) in [5.41, 5.74) is 16.0. The first-order chi connectivity index (χ1) is 26.0. The SMILES string of the molecule is CC1(C)c2ccccc2-c2ccc(-c3cc4c(cc3N(c3ccc(-c5ccccc5)cc3)c3ccc(-c5ccccc5)cc3)sc3ccccc34)cc21. The lowest BCUT2D eigenvalue weighted by Gasteiger charge is -2.29. The summed E-state index contributed by atoms with van der Waals surface area (Å²) in [6, 6.07) is 69.1. The zero-order chi connectivity index (χ0) is 35.5. The number of benzene rings is 8. The first-order valence-electron chi connectivity index (χ1n) is 18.3. The lowest BCUT2D eigenvalue weighted by Crippen LogP contribution is -2.15. The van der Waals surface area contributed by atoms with Gasteiger partial charge in [-0.2, -0.15) is 0 Å². The summed E-state index contributed by atoms with van der Waals surface area (Å²) in [7, 11) is 0. The van der Waals surface area contributed by atoms with E-state index < -0.39 is 0 Å². The van der Waals surface area contributed by atoms with Gasteiger partial charge in [-0.15, -0.1) is 11.3 Å². The molecule has 0 aliphatic heterocycles. The summed E-state index contributed by atoms with van der Waals surface area (Å²) in [4.78, 5) is 2.45. The Bertz CT molecular complexity index is 2690. The van der Waals surface area contributed by atoms with Gasteiger partial charge in [-0.1, -0.05) is 153 Å². The predicted octanol–water partition coefficient (Wildman–Crippen LogP) is 14.8. The Morgan fingerprint density at radius 2 is 0.906 bits per heavy atom. The molecule has 0 radical (unpaired) electrons. The molecule has 10 rings (SSSR count). The van der Waals surface area contributed by atoms with Gasteiger partial charge in [0, 0.05) is 42.5 Å². The monoisotopic (exact) mass is 695 g/mol. The lowest BCUT2D eigenvalue weighted by molar-refractivity contribution is 0.660. The van der Waals surface area contributed by atoms with Crippen molar-refractivity contribution in [3.63, 3.8) is 0 Å². The van der Waals surface area contributed by atoms with Crippen molar-refractivity contribution in [2.75, 3.05) is 4.90 Å². The zero-order valence-corrected chi connectivity index (χ0v) is 30.6. The van der Waals surface area contributed by atoms with Crippen molar-refractivity contribution in [3.05, 3.63) is 199 Å². The summed E-state index contributed by atoms with van der Waals surface area (Å²) in [6.45, 7) is 4.74. The first-order valence-corrected chi connectivity index (χ1v) is 19.2. The third kappa shape index (κ3) is 5.29. The van der Waals surface area contributed by atoms with Crippen molar-refractivity contribution in [2.45, 2.75) is 19.3 Å². The van der Waals surface area contributed by atoms with Crippen LogP contribution in [-0.2, 0) is 5.41 Å². The number of hydrogen-bond acceptors (Lipinski definition) is 2. The van der Waals surface area contributed by atoms with Gasteiger partial charge < -0.3 is 4.90 Å². The van der Waals surface area contributed by atoms with E-state index in [4.69, 9.17) is 0 Å². The average molecular weight is 696 g/mol. The molecular formula is C51H37NS. The highest BCUT2D eigenvalue weighted by Crippen LogP contribution is 2.52. The van der Waals surface area contributed by atoms with E-state index in [1.54, 1.807) is 0 Å². The first kappa shape index (κ1) is 31.5. The number of fused-ring (bicyclic) bond motifs is 6. The van der Waals surface area contributed by atoms with Gasteiger partial charge in [0.1, 0.15) is 0 Å². The van der Waals surface area contributed by atoms with Gasteiger partial charge in [0.15, 0.2) is 0 Å². The smallest absolute Gasteiger partial charge is 0.0554 e. The van der Waals surface area contributed by atoms with Crippen LogP contribution in [0.1, 0.15) is 25.0 Å². The summed E-state index contributed by atoms with van der Waals surface area (Å²) in [5.74, 6) is 0. The van der Waals surface area contributed by atoms with Gasteiger partial charge in [-0.3, -0.25) is 0 Å². The Labute approximate surface area is 315 Å². The largest absolute Gasteiger partial charge is 0.310 e. The predicted molar refractivity (Wildman–Crippen MR) is 228 cm³/mol. The van der Waals surface area contributed by atoms with Crippen molar-refractivity contribution >= 4 is 48.6 Å². The number of rotatable bonds is 6. The topological polar surface area (TPSA) is 3.24 Å². The Balaban J connectivity index is 1.21. The summed E-state index contributed by atoms with van der Waals surface area (Å²) in [5, 5.41) is 2.60. The van der Waals surface area contributed by atoms with Gasteiger partial charge >= 0.3 is 0 Å². The minimum Gasteiger partial charge on any atom is -0.310 e. The maximum atomic E-state index is 2.46. The van der Waals surface area contributed by atoms with Crippen LogP contribution in [0.2, 0.25) is 0 Å². The molecule has 1 heterocycles. The van der Waals surface area contributed by atoms with Crippen molar-refractivity contribution in [3.8, 4) is 44.5 Å². The third-order valence-electron chi connectivity index (χ3n) is 11.1. The van der Waals surface area contributed by atoms with Crippen LogP contribution in [0.15, 0.2) is 188 Å². The molecule has 2 heteroatoms. The number of nitrogens with zero attached hydrogens (tertiary/aromatic N) is 1. The van der Waals surface area contributed by atoms with Gasteiger partial charge in [-0.05, 0) is 98.6 Å². The number of hydrogen-bond donors (Lipinski definition) is 0. The van der Waals surface area contributed by atoms with Crippen molar-refractivity contribution in [1.29, 1.82) is 0 Å². The maximum Gasteiger partial charge on any atom is 0.0554 e. The molecule has 8 aromatic carbocycles. The zero-order valence-electron chi connectivity index (χ0n) is 29.8. The number of anilines is 3. The molecule has 252 valence electrons. The van der Waals surface area contributed by atoms with Gasteiger partial charge in [0.05, 0.1) is 5.69 Å². The quantitative estimate of drug-likeness (QED) is 0.167. The van der Waals surface area contributed by atoms with Gasteiger partial charge in [0.25, 0.3) is 0 Å². The maximum absolute atomic E-state index is 2.46. The second-order valence-electron chi connectivity index (χ2n) is 14.6. The third-order valence-corrected chi connectivity index (χ3v) is 12.2. The van der Waals surface area contributed by atoms with Crippen molar-refractivity contribution < 1.29 is 0 Å². The van der Waals surface area contributed by atoms with E-state index >= 15 is 0 Å². The highest BCUT2D eigenvalue weighted by molar-refractivity contribution is 7.25. The second kappa shape index (κ2) is 12.5. The van der Waals surface area contributed by atoms with E-state index in [0.29, 0.717) is 0 Å². The van der Waals surface area contributed by atoms with E-state index in [0.717, 1.165) is 17.1 Å². The van der Waals surface area contributed by atoms with E-state index in [-0.39, 0.29) is 5.41 Å². The highest BCUT2D eigenvalue weighted by Gasteiger charge is 2.35. The van der Waals surface area contributed by atoms with Crippen molar-refractivity contribution in [2.24, 2.45) is 0 Å². The lowest BCUT2D eigenvalue weighted by atomic mass is 9.81. The summed E-state index contributed by atoms with van der Waals surface area (Å²) >= 11 is 1.87. The summed E-state index contributed by atoms with van der Waals surface area (Å²) in [6.07, 6.45) is 0. The Hall–Kier alpha value is -6.22. The molecule has 0 fully saturated rings. The standard InChI is InChI=1S/C51H37NS/c1-51(2)46-19-11-9-17-41(46)42-30-25-38(31-47(42)51)44-32-45-43-18-10-12-20-49(43)53-50(45)33-48(44)52(39-26-21-36(22-27-39)34-13-5-3-6-14-34)40-28-23-37(24-29-40)35-15-7-4-8-16-35/h3-33H,1-2H3. The molecule has 0 N–H and O–H groups in total. The molecule has 0 bridgehead atoms. The van der Waals surface area contributed by atoms with Crippen LogP contribution < -0.4 is 4.90 Å². The minimum atomic E-state index is -0.0957. The molecule has 1 aliphatic carbocycles. The van der Waals surface area contributed by atoms with Gasteiger partial charge in [-0.25, -0.2) is 0 Å². The normalized spacial score (nSPS) is 12.9. The highest BCUT2D eigenvalue weighted by atomic mass is 32.1. The van der Waals surface area contributed by atoms with Crippen LogP contribution in [0, 0.1) is 0 Å². The van der Waals surface area contributed by atoms with E-state index in [1.165, 1.54) is 75.8 Å². The molecule has 53 heavy (non-hydrogen) atoms. The Morgan fingerprint density at radius 3 is 1.57 bits per heavy atom. The molecule has 0 unspecified atom stereocenters. The fourth-order valence-corrected chi connectivity index (χ4v) is 9.46. The van der Waals surface area contributed by atoms with Crippen LogP contribution in [0.25, 0.3) is 64.7 Å². The van der Waals surface area contributed by atoms with Crippen molar-refractivity contribution in [1.82, 2.24) is 0 Å². The van der Waals surface area contributed by atoms with Crippen LogP contribution in [0.5, 0.6) is 0 Å². The summed E-state index contributed by atoms with van der Waals surface area (Å²) < 4.78 is 2.59. The molecule has 0 amide bonds. The van der Waals surface area contributed by atoms with Crippen LogP contribution in [-0.4, -0.2) is 0 Å². The van der Waals surface area contributed by atoms with Crippen LogP contribution in [0.4, 0.5) is 17.1 Å². The second-order valence-corrected chi connectivity index (χ2v) is 15.6. The minimum absolute atomic E-state index is 0.0957. The van der Waals surface area contributed by atoms with Crippen LogP contribution >= 0.6 is 11.3 Å². The molecule has 0 spiro atoms. The molecule has 1 aliphatic rings. The van der Waals surface area contributed by atoms with Gasteiger partial charge in [0.2, 0.25) is 0 Å². The average Bonchev–Trinajstić information content (AvgIpc) is 3.69. The fourth-order valence-electron chi connectivity index (χ4n) is 8.34.